The van der Waals surface area contributed by atoms with Crippen molar-refractivity contribution in [1.29, 1.82) is 0 Å². The summed E-state index contributed by atoms with van der Waals surface area (Å²) in [6, 6.07) is 16.3. The Morgan fingerprint density at radius 2 is 1.65 bits per heavy atom. The lowest BCUT2D eigenvalue weighted by Crippen LogP contribution is -2.29. The Hall–Kier alpha value is -3.48. The predicted molar refractivity (Wildman–Crippen MR) is 132 cm³/mol. The second kappa shape index (κ2) is 9.79. The highest BCUT2D eigenvalue weighted by Gasteiger charge is 2.47. The summed E-state index contributed by atoms with van der Waals surface area (Å²) in [5, 5.41) is 21.4. The van der Waals surface area contributed by atoms with Crippen molar-refractivity contribution in [2.45, 2.75) is 19.4 Å². The largest absolute Gasteiger partial charge is 0.508 e. The zero-order valence-electron chi connectivity index (χ0n) is 18.2. The number of hydrogen-bond donors (Lipinski definition) is 2. The number of carbonyl (C=O) groups is 2. The molecule has 1 fully saturated rings. The van der Waals surface area contributed by atoms with Gasteiger partial charge in [0.05, 0.1) is 28.3 Å². The third-order valence-electron chi connectivity index (χ3n) is 5.44. The molecule has 1 atom stereocenters. The van der Waals surface area contributed by atoms with E-state index in [2.05, 4.69) is 0 Å². The molecular formula is C26H21Cl2NO5. The van der Waals surface area contributed by atoms with Crippen LogP contribution >= 0.6 is 23.2 Å². The van der Waals surface area contributed by atoms with E-state index in [-0.39, 0.29) is 22.1 Å². The second-order valence-electron chi connectivity index (χ2n) is 7.73. The fraction of sp³-hybridized carbons (Fsp3) is 0.154. The SMILES string of the molecule is CCCOc1ccc(/C(O)=C2\C(=O)C(=O)N(c3ccc(Cl)c(Cl)c3)C2c2ccc(O)cc2)cc1. The van der Waals surface area contributed by atoms with Crippen LogP contribution in [0.4, 0.5) is 5.69 Å². The van der Waals surface area contributed by atoms with Gasteiger partial charge in [0.25, 0.3) is 11.7 Å². The third kappa shape index (κ3) is 4.47. The van der Waals surface area contributed by atoms with Gasteiger partial charge in [-0.2, -0.15) is 0 Å². The molecule has 1 heterocycles. The number of aromatic hydroxyl groups is 1. The van der Waals surface area contributed by atoms with Crippen molar-refractivity contribution in [2.75, 3.05) is 11.5 Å². The van der Waals surface area contributed by atoms with Crippen LogP contribution in [0, 0.1) is 0 Å². The van der Waals surface area contributed by atoms with Crippen molar-refractivity contribution in [3.63, 3.8) is 0 Å². The van der Waals surface area contributed by atoms with Gasteiger partial charge in [-0.3, -0.25) is 14.5 Å². The van der Waals surface area contributed by atoms with Crippen LogP contribution in [0.5, 0.6) is 11.5 Å². The highest BCUT2D eigenvalue weighted by Crippen LogP contribution is 2.43. The van der Waals surface area contributed by atoms with Crippen molar-refractivity contribution >= 4 is 46.3 Å². The van der Waals surface area contributed by atoms with Crippen LogP contribution in [0.3, 0.4) is 0 Å². The molecule has 0 bridgehead atoms. The molecule has 3 aromatic rings. The minimum atomic E-state index is -0.950. The summed E-state index contributed by atoms with van der Waals surface area (Å²) in [6.07, 6.45) is 0.854. The van der Waals surface area contributed by atoms with Crippen LogP contribution in [0.25, 0.3) is 5.76 Å². The van der Waals surface area contributed by atoms with E-state index < -0.39 is 17.7 Å². The number of phenolic OH excluding ortho intramolecular Hbond substituents is 1. The topological polar surface area (TPSA) is 87.1 Å². The van der Waals surface area contributed by atoms with Gasteiger partial charge in [-0.1, -0.05) is 42.3 Å². The van der Waals surface area contributed by atoms with Crippen LogP contribution in [-0.4, -0.2) is 28.5 Å². The molecule has 2 N–H and O–H groups in total. The van der Waals surface area contributed by atoms with Gasteiger partial charge >= 0.3 is 0 Å². The number of ether oxygens (including phenoxy) is 1. The Morgan fingerprint density at radius 3 is 2.26 bits per heavy atom. The minimum Gasteiger partial charge on any atom is -0.508 e. The maximum Gasteiger partial charge on any atom is 0.300 e. The number of aliphatic hydroxyl groups excluding tert-OH is 1. The second-order valence-corrected chi connectivity index (χ2v) is 8.55. The maximum atomic E-state index is 13.2. The number of ketones is 1. The van der Waals surface area contributed by atoms with E-state index in [9.17, 15) is 19.8 Å². The highest BCUT2D eigenvalue weighted by molar-refractivity contribution is 6.52. The monoisotopic (exact) mass is 497 g/mol. The molecule has 0 spiro atoms. The number of nitrogens with zero attached hydrogens (tertiary/aromatic N) is 1. The lowest BCUT2D eigenvalue weighted by Gasteiger charge is -2.25. The molecule has 0 saturated carbocycles. The van der Waals surface area contributed by atoms with Crippen molar-refractivity contribution in [3.8, 4) is 11.5 Å². The van der Waals surface area contributed by atoms with E-state index in [4.69, 9.17) is 27.9 Å². The molecule has 1 amide bonds. The van der Waals surface area contributed by atoms with Gasteiger partial charge in [-0.05, 0) is 66.6 Å². The van der Waals surface area contributed by atoms with Crippen LogP contribution < -0.4 is 9.64 Å². The molecule has 0 aliphatic carbocycles. The van der Waals surface area contributed by atoms with E-state index >= 15 is 0 Å². The molecule has 3 aromatic carbocycles. The van der Waals surface area contributed by atoms with Crippen molar-refractivity contribution in [3.05, 3.63) is 93.5 Å². The lowest BCUT2D eigenvalue weighted by atomic mass is 9.95. The molecule has 174 valence electrons. The van der Waals surface area contributed by atoms with Crippen LogP contribution in [0.1, 0.15) is 30.5 Å². The van der Waals surface area contributed by atoms with Gasteiger partial charge in [0.1, 0.15) is 17.3 Å². The molecule has 1 saturated heterocycles. The Bertz CT molecular complexity index is 1270. The summed E-state index contributed by atoms with van der Waals surface area (Å²) < 4.78 is 5.58. The van der Waals surface area contributed by atoms with Crippen LogP contribution in [0.2, 0.25) is 10.0 Å². The first-order valence-electron chi connectivity index (χ1n) is 10.6. The first kappa shape index (κ1) is 23.7. The third-order valence-corrected chi connectivity index (χ3v) is 6.17. The number of phenols is 1. The number of Topliss-reactive ketones (excluding diaryl/α,β-unsaturated/α-hetero) is 1. The number of anilines is 1. The summed E-state index contributed by atoms with van der Waals surface area (Å²) in [7, 11) is 0. The Kier molecular flexibility index (Phi) is 6.82. The summed E-state index contributed by atoms with van der Waals surface area (Å²) in [4.78, 5) is 27.6. The Balaban J connectivity index is 1.85. The molecule has 1 aliphatic heterocycles. The minimum absolute atomic E-state index is 0.0258. The van der Waals surface area contributed by atoms with Crippen molar-refractivity contribution in [1.82, 2.24) is 0 Å². The summed E-state index contributed by atoms with van der Waals surface area (Å²) in [5.41, 5.74) is 1.15. The molecule has 34 heavy (non-hydrogen) atoms. The average Bonchev–Trinajstić information content (AvgIpc) is 3.10. The normalized spacial score (nSPS) is 17.3. The van der Waals surface area contributed by atoms with Gasteiger partial charge in [0, 0.05) is 11.3 Å². The fourth-order valence-corrected chi connectivity index (χ4v) is 4.08. The highest BCUT2D eigenvalue weighted by atomic mass is 35.5. The van der Waals surface area contributed by atoms with Gasteiger partial charge in [-0.15, -0.1) is 0 Å². The van der Waals surface area contributed by atoms with Gasteiger partial charge in [0.2, 0.25) is 0 Å². The standard InChI is InChI=1S/C26H21Cl2NO5/c1-2-13-34-19-10-5-16(6-11-19)24(31)22-23(15-3-8-18(30)9-4-15)29(26(33)25(22)32)17-7-12-20(27)21(28)14-17/h3-12,14,23,30-31H,2,13H2,1H3/b24-22+. The average molecular weight is 498 g/mol. The number of benzene rings is 3. The number of amides is 1. The van der Waals surface area contributed by atoms with E-state index in [0.717, 1.165) is 6.42 Å². The number of carbonyl (C=O) groups excluding carboxylic acids is 2. The Labute approximate surface area is 206 Å². The molecule has 8 heteroatoms. The molecule has 6 nitrogen and oxygen atoms in total. The quantitative estimate of drug-likeness (QED) is 0.243. The summed E-state index contributed by atoms with van der Waals surface area (Å²) >= 11 is 12.2. The number of halogens is 2. The molecular weight excluding hydrogens is 477 g/mol. The van der Waals surface area contributed by atoms with E-state index in [1.165, 1.54) is 29.2 Å². The first-order valence-corrected chi connectivity index (χ1v) is 11.4. The predicted octanol–water partition coefficient (Wildman–Crippen LogP) is 6.11. The maximum absolute atomic E-state index is 13.2. The fourth-order valence-electron chi connectivity index (χ4n) is 3.79. The van der Waals surface area contributed by atoms with Crippen LogP contribution in [-0.2, 0) is 9.59 Å². The van der Waals surface area contributed by atoms with Crippen molar-refractivity contribution in [2.24, 2.45) is 0 Å². The summed E-state index contributed by atoms with van der Waals surface area (Å²) in [6.45, 7) is 2.55. The molecule has 4 rings (SSSR count). The number of rotatable bonds is 6. The van der Waals surface area contributed by atoms with Gasteiger partial charge < -0.3 is 14.9 Å². The van der Waals surface area contributed by atoms with Gasteiger partial charge in [-0.25, -0.2) is 0 Å². The number of aliphatic hydroxyl groups is 1. The molecule has 1 unspecified atom stereocenters. The smallest absolute Gasteiger partial charge is 0.300 e. The number of hydrogen-bond acceptors (Lipinski definition) is 5. The van der Waals surface area contributed by atoms with Crippen LogP contribution in [0.15, 0.2) is 72.3 Å². The van der Waals surface area contributed by atoms with E-state index in [1.54, 1.807) is 42.5 Å². The first-order chi connectivity index (χ1) is 16.3. The van der Waals surface area contributed by atoms with Gasteiger partial charge in [0.15, 0.2) is 0 Å². The van der Waals surface area contributed by atoms with E-state index in [0.29, 0.717) is 34.2 Å². The zero-order valence-corrected chi connectivity index (χ0v) is 19.7. The van der Waals surface area contributed by atoms with E-state index in [1.807, 2.05) is 6.92 Å². The van der Waals surface area contributed by atoms with Crippen molar-refractivity contribution < 1.29 is 24.5 Å². The molecule has 1 aliphatic rings. The summed E-state index contributed by atoms with van der Waals surface area (Å²) in [5.74, 6) is -1.32. The Morgan fingerprint density at radius 1 is 0.971 bits per heavy atom. The zero-order chi connectivity index (χ0) is 24.4. The molecule has 0 aromatic heterocycles. The molecule has 0 radical (unpaired) electrons. The lowest BCUT2D eigenvalue weighted by molar-refractivity contribution is -0.132.